The molecule has 11 heavy (non-hydrogen) atoms. The van der Waals surface area contributed by atoms with E-state index in [-0.39, 0.29) is 0 Å². The molecular weight excluding hydrogens is 137 g/mol. The van der Waals surface area contributed by atoms with Crippen molar-refractivity contribution in [2.45, 2.75) is 0 Å². The Morgan fingerprint density at radius 2 is 2.18 bits per heavy atom. The molecule has 0 amide bonds. The SMILES string of the molecule is N#Cc1bc2ccccc2o1. The van der Waals surface area contributed by atoms with Crippen molar-refractivity contribution in [3.8, 4) is 6.07 Å². The van der Waals surface area contributed by atoms with Gasteiger partial charge in [0.1, 0.15) is 0 Å². The normalized spacial score (nSPS) is 9.36. The summed E-state index contributed by atoms with van der Waals surface area (Å²) in [5.74, 6) is 0. The van der Waals surface area contributed by atoms with E-state index in [1.165, 1.54) is 0 Å². The molecule has 2 rings (SSSR count). The molecule has 1 heterocycles. The molecule has 50 valence electrons. The van der Waals surface area contributed by atoms with Crippen molar-refractivity contribution in [2.75, 3.05) is 0 Å². The Kier molecular flexibility index (Phi) is 1.26. The van der Waals surface area contributed by atoms with Gasteiger partial charge in [-0.3, -0.25) is 0 Å². The van der Waals surface area contributed by atoms with Crippen LogP contribution in [0.25, 0.3) is 10.9 Å². The van der Waals surface area contributed by atoms with Crippen LogP contribution in [0.2, 0.25) is 0 Å². The average Bonchev–Trinajstić information content (AvgIpc) is 2.46. The number of nitriles is 1. The quantitative estimate of drug-likeness (QED) is 0.559. The molecule has 0 unspecified atom stereocenters. The number of rotatable bonds is 0. The molecule has 2 aromatic rings. The predicted molar refractivity (Wildman–Crippen MR) is 42.3 cm³/mol. The number of nitrogens with zero attached hydrogens (tertiary/aromatic N) is 1. The van der Waals surface area contributed by atoms with Crippen molar-refractivity contribution < 1.29 is 4.42 Å². The van der Waals surface area contributed by atoms with Crippen LogP contribution in [0.5, 0.6) is 0 Å². The Morgan fingerprint density at radius 1 is 1.36 bits per heavy atom. The van der Waals surface area contributed by atoms with E-state index in [0.29, 0.717) is 5.66 Å². The summed E-state index contributed by atoms with van der Waals surface area (Å²) in [5, 5.41) is 9.47. The second-order valence-electron chi connectivity index (χ2n) is 2.26. The summed E-state index contributed by atoms with van der Waals surface area (Å²) in [5.41, 5.74) is 1.13. The fraction of sp³-hybridized carbons (Fsp3) is 0. The number of para-hydroxylation sites is 1. The molecule has 0 bridgehead atoms. The van der Waals surface area contributed by atoms with E-state index < -0.39 is 0 Å². The molecule has 0 saturated carbocycles. The van der Waals surface area contributed by atoms with Crippen LogP contribution < -0.4 is 0 Å². The zero-order valence-corrected chi connectivity index (χ0v) is 5.74. The van der Waals surface area contributed by atoms with Gasteiger partial charge in [-0.05, 0) is 0 Å². The minimum absolute atomic E-state index is 0.367. The summed E-state index contributed by atoms with van der Waals surface area (Å²) in [7, 11) is 0. The minimum atomic E-state index is 0.367. The van der Waals surface area contributed by atoms with Gasteiger partial charge in [-0.15, -0.1) is 0 Å². The van der Waals surface area contributed by atoms with Crippen LogP contribution in [0.1, 0.15) is 5.66 Å². The van der Waals surface area contributed by atoms with Crippen LogP contribution in [0.3, 0.4) is 0 Å². The van der Waals surface area contributed by atoms with Crippen molar-refractivity contribution in [1.29, 1.82) is 5.26 Å². The third-order valence-corrected chi connectivity index (χ3v) is 1.54. The first kappa shape index (κ1) is 6.17. The number of benzene rings is 1. The Hall–Kier alpha value is -1.56. The van der Waals surface area contributed by atoms with Crippen LogP contribution in [-0.2, 0) is 0 Å². The molecule has 0 aliphatic heterocycles. The fourth-order valence-electron chi connectivity index (χ4n) is 1.04. The van der Waals surface area contributed by atoms with E-state index >= 15 is 0 Å². The molecule has 0 atom stereocenters. The van der Waals surface area contributed by atoms with Gasteiger partial charge in [-0.1, -0.05) is 0 Å². The van der Waals surface area contributed by atoms with Gasteiger partial charge in [0, 0.05) is 0 Å². The summed E-state index contributed by atoms with van der Waals surface area (Å²) in [6, 6.07) is 9.51. The molecule has 0 radical (unpaired) electrons. The standard InChI is InChI=1S/C8H4BNO/c10-5-8-9-6-3-1-2-4-7(6)11-8/h1-4H. The summed E-state index contributed by atoms with van der Waals surface area (Å²) >= 11 is 0. The fourth-order valence-corrected chi connectivity index (χ4v) is 1.04. The topological polar surface area (TPSA) is 36.9 Å². The molecule has 2 nitrogen and oxygen atoms in total. The van der Waals surface area contributed by atoms with Crippen LogP contribution in [-0.4, -0.2) is 6.91 Å². The Bertz CT molecular complexity index is 394. The van der Waals surface area contributed by atoms with Gasteiger partial charge in [0.25, 0.3) is 0 Å². The maximum absolute atomic E-state index is 8.49. The van der Waals surface area contributed by atoms with Crippen LogP contribution in [0.15, 0.2) is 28.7 Å². The van der Waals surface area contributed by atoms with Crippen molar-refractivity contribution in [2.24, 2.45) is 0 Å². The predicted octanol–water partition coefficient (Wildman–Crippen LogP) is 1.64. The van der Waals surface area contributed by atoms with E-state index in [1.54, 1.807) is 6.91 Å². The average molecular weight is 141 g/mol. The molecule has 0 N–H and O–H groups in total. The molecule has 0 fully saturated rings. The van der Waals surface area contributed by atoms with Crippen LogP contribution in [0.4, 0.5) is 0 Å². The van der Waals surface area contributed by atoms with Crippen LogP contribution in [0, 0.1) is 11.3 Å². The summed E-state index contributed by atoms with van der Waals surface area (Å²) in [4.78, 5) is 0. The van der Waals surface area contributed by atoms with Gasteiger partial charge in [0.05, 0.1) is 0 Å². The first-order chi connectivity index (χ1) is 5.40. The van der Waals surface area contributed by atoms with Gasteiger partial charge in [-0.25, -0.2) is 0 Å². The molecule has 3 heteroatoms. The van der Waals surface area contributed by atoms with Gasteiger partial charge in [-0.2, -0.15) is 0 Å². The molecular formula is C8H4BNO. The second kappa shape index (κ2) is 2.24. The molecule has 0 saturated heterocycles. The van der Waals surface area contributed by atoms with Gasteiger partial charge < -0.3 is 0 Å². The Labute approximate surface area is 64.3 Å². The molecule has 1 aromatic heterocycles. The summed E-state index contributed by atoms with van der Waals surface area (Å²) in [6.07, 6.45) is 0. The number of hydrogen-bond donors (Lipinski definition) is 0. The summed E-state index contributed by atoms with van der Waals surface area (Å²) < 4.78 is 5.16. The van der Waals surface area contributed by atoms with E-state index in [1.807, 2.05) is 30.3 Å². The first-order valence-electron chi connectivity index (χ1n) is 3.29. The van der Waals surface area contributed by atoms with Crippen LogP contribution >= 0.6 is 0 Å². The summed E-state index contributed by atoms with van der Waals surface area (Å²) in [6.45, 7) is 1.73. The second-order valence-corrected chi connectivity index (χ2v) is 2.26. The van der Waals surface area contributed by atoms with Crippen molar-refractivity contribution in [3.05, 3.63) is 29.9 Å². The maximum atomic E-state index is 8.49. The van der Waals surface area contributed by atoms with E-state index in [9.17, 15) is 0 Å². The molecule has 0 spiro atoms. The number of fused-ring (bicyclic) bond motifs is 1. The van der Waals surface area contributed by atoms with E-state index in [4.69, 9.17) is 9.68 Å². The monoisotopic (exact) mass is 141 g/mol. The van der Waals surface area contributed by atoms with Gasteiger partial charge in [0.15, 0.2) is 0 Å². The van der Waals surface area contributed by atoms with E-state index in [0.717, 1.165) is 10.9 Å². The van der Waals surface area contributed by atoms with Crippen molar-refractivity contribution in [3.63, 3.8) is 0 Å². The van der Waals surface area contributed by atoms with E-state index in [2.05, 4.69) is 0 Å². The third kappa shape index (κ3) is 0.928. The zero-order valence-electron chi connectivity index (χ0n) is 5.74. The third-order valence-electron chi connectivity index (χ3n) is 1.54. The van der Waals surface area contributed by atoms with Gasteiger partial charge in [0.2, 0.25) is 0 Å². The van der Waals surface area contributed by atoms with Crippen molar-refractivity contribution >= 4 is 17.8 Å². The molecule has 0 aliphatic rings. The molecule has 0 aliphatic carbocycles. The Balaban J connectivity index is 2.81. The number of hydrogen-bond acceptors (Lipinski definition) is 2. The Morgan fingerprint density at radius 3 is 2.91 bits per heavy atom. The van der Waals surface area contributed by atoms with Gasteiger partial charge >= 0.3 is 63.4 Å². The molecule has 1 aromatic carbocycles. The first-order valence-corrected chi connectivity index (χ1v) is 3.29. The van der Waals surface area contributed by atoms with Crippen molar-refractivity contribution in [1.82, 2.24) is 0 Å². The zero-order chi connectivity index (χ0) is 7.68.